The van der Waals surface area contributed by atoms with E-state index in [9.17, 15) is 9.59 Å². The topological polar surface area (TPSA) is 58.2 Å². The van der Waals surface area contributed by atoms with E-state index in [1.807, 2.05) is 11.8 Å². The third-order valence-electron chi connectivity index (χ3n) is 3.21. The number of hydrogen-bond acceptors (Lipinski definition) is 3. The van der Waals surface area contributed by atoms with Crippen molar-refractivity contribution in [2.75, 3.05) is 5.75 Å². The molecule has 2 heterocycles. The highest BCUT2D eigenvalue weighted by atomic mass is 32.2. The number of fused-ring (bicyclic) bond motifs is 1. The Morgan fingerprint density at radius 2 is 2.25 bits per heavy atom. The Morgan fingerprint density at radius 3 is 3.00 bits per heavy atom. The van der Waals surface area contributed by atoms with Crippen LogP contribution in [0, 0.1) is 0 Å². The molecule has 0 bridgehead atoms. The molecule has 2 N–H and O–H groups in total. The molecule has 0 aliphatic carbocycles. The smallest absolute Gasteiger partial charge is 0.315 e. The summed E-state index contributed by atoms with van der Waals surface area (Å²) in [6.07, 6.45) is 3.85. The van der Waals surface area contributed by atoms with Gasteiger partial charge in [0.05, 0.1) is 12.1 Å². The van der Waals surface area contributed by atoms with Crippen LogP contribution in [0.1, 0.15) is 32.6 Å². The van der Waals surface area contributed by atoms with Crippen LogP contribution in [0.25, 0.3) is 0 Å². The molecule has 0 saturated carbocycles. The van der Waals surface area contributed by atoms with Crippen LogP contribution in [-0.2, 0) is 4.79 Å². The largest absolute Gasteiger partial charge is 0.332 e. The van der Waals surface area contributed by atoms with Gasteiger partial charge in [-0.2, -0.15) is 11.8 Å². The second-order valence-corrected chi connectivity index (χ2v) is 5.84. The molecule has 0 aromatic carbocycles. The molecule has 2 amide bonds. The van der Waals surface area contributed by atoms with Gasteiger partial charge in [0.2, 0.25) is 0 Å². The van der Waals surface area contributed by atoms with E-state index >= 15 is 0 Å². The van der Waals surface area contributed by atoms with Crippen LogP contribution in [0.2, 0.25) is 0 Å². The first-order valence-corrected chi connectivity index (χ1v) is 6.90. The zero-order chi connectivity index (χ0) is 11.5. The lowest BCUT2D eigenvalue weighted by molar-refractivity contribution is -0.117. The second-order valence-electron chi connectivity index (χ2n) is 4.57. The Morgan fingerprint density at radius 1 is 1.44 bits per heavy atom. The van der Waals surface area contributed by atoms with E-state index in [2.05, 4.69) is 10.6 Å². The molecule has 1 unspecified atom stereocenters. The van der Waals surface area contributed by atoms with Gasteiger partial charge in [0.25, 0.3) is 0 Å². The minimum absolute atomic E-state index is 0.0240. The quantitative estimate of drug-likeness (QED) is 0.564. The van der Waals surface area contributed by atoms with E-state index in [1.54, 1.807) is 6.92 Å². The molecule has 0 aromatic rings. The molecule has 90 valence electrons. The Labute approximate surface area is 99.9 Å². The summed E-state index contributed by atoms with van der Waals surface area (Å²) >= 11 is 1.93. The number of amides is 2. The first kappa shape index (κ1) is 11.8. The van der Waals surface area contributed by atoms with Gasteiger partial charge in [0.1, 0.15) is 5.78 Å². The van der Waals surface area contributed by atoms with Crippen LogP contribution in [0.5, 0.6) is 0 Å². The highest BCUT2D eigenvalue weighted by Crippen LogP contribution is 2.33. The molecular weight excluding hydrogens is 224 g/mol. The number of thioether (sulfide) groups is 1. The summed E-state index contributed by atoms with van der Waals surface area (Å²) in [6, 6.07) is 0.592. The highest BCUT2D eigenvalue weighted by molar-refractivity contribution is 8.00. The number of Topliss-reactive ketones (excluding diaryl/α,β-unsaturated/α-hetero) is 1. The van der Waals surface area contributed by atoms with E-state index in [1.165, 1.54) is 0 Å². The second kappa shape index (κ2) is 5.08. The van der Waals surface area contributed by atoms with Gasteiger partial charge in [-0.05, 0) is 19.8 Å². The number of carbonyl (C=O) groups is 2. The van der Waals surface area contributed by atoms with Crippen molar-refractivity contribution in [3.05, 3.63) is 0 Å². The van der Waals surface area contributed by atoms with Crippen LogP contribution in [0.15, 0.2) is 0 Å². The van der Waals surface area contributed by atoms with Gasteiger partial charge >= 0.3 is 6.03 Å². The standard InChI is InChI=1S/C11H18N2O2S/c1-7(14)4-2-3-5-9-10-8(6-16-9)12-11(15)13-10/h8-10H,2-6H2,1H3,(H2,12,13,15)/t8-,9-,10?/m0/s1. The van der Waals surface area contributed by atoms with Gasteiger partial charge in [-0.25, -0.2) is 4.79 Å². The van der Waals surface area contributed by atoms with Gasteiger partial charge in [-0.15, -0.1) is 0 Å². The van der Waals surface area contributed by atoms with Crippen molar-refractivity contribution in [2.45, 2.75) is 49.9 Å². The molecule has 2 fully saturated rings. The average molecular weight is 242 g/mol. The lowest BCUT2D eigenvalue weighted by atomic mass is 10.0. The Kier molecular flexibility index (Phi) is 3.74. The van der Waals surface area contributed by atoms with Crippen LogP contribution >= 0.6 is 11.8 Å². The molecule has 3 atom stereocenters. The maximum absolute atomic E-state index is 11.1. The Bertz CT molecular complexity index is 296. The summed E-state index contributed by atoms with van der Waals surface area (Å²) in [4.78, 5) is 21.9. The molecular formula is C11H18N2O2S. The van der Waals surface area contributed by atoms with Crippen molar-refractivity contribution >= 4 is 23.6 Å². The molecule has 5 heteroatoms. The van der Waals surface area contributed by atoms with Crippen molar-refractivity contribution in [1.29, 1.82) is 0 Å². The fraction of sp³-hybridized carbons (Fsp3) is 0.818. The lowest BCUT2D eigenvalue weighted by Gasteiger charge is -2.16. The third-order valence-corrected chi connectivity index (χ3v) is 4.71. The number of carbonyl (C=O) groups excluding carboxylic acids is 2. The van der Waals surface area contributed by atoms with E-state index in [4.69, 9.17) is 0 Å². The highest BCUT2D eigenvalue weighted by Gasteiger charge is 2.42. The summed E-state index contributed by atoms with van der Waals surface area (Å²) in [5, 5.41) is 6.43. The van der Waals surface area contributed by atoms with Gasteiger partial charge in [0, 0.05) is 17.4 Å². The normalized spacial score (nSPS) is 32.1. The summed E-state index contributed by atoms with van der Waals surface area (Å²) in [7, 11) is 0. The van der Waals surface area contributed by atoms with Crippen LogP contribution in [0.3, 0.4) is 0 Å². The molecule has 2 saturated heterocycles. The minimum Gasteiger partial charge on any atom is -0.332 e. The van der Waals surface area contributed by atoms with Crippen LogP contribution < -0.4 is 10.6 Å². The molecule has 16 heavy (non-hydrogen) atoms. The Hall–Kier alpha value is -0.710. The van der Waals surface area contributed by atoms with Crippen molar-refractivity contribution in [3.63, 3.8) is 0 Å². The monoisotopic (exact) mass is 242 g/mol. The van der Waals surface area contributed by atoms with E-state index < -0.39 is 0 Å². The van der Waals surface area contributed by atoms with Crippen molar-refractivity contribution in [3.8, 4) is 0 Å². The number of urea groups is 1. The van der Waals surface area contributed by atoms with Crippen molar-refractivity contribution < 1.29 is 9.59 Å². The lowest BCUT2D eigenvalue weighted by Crippen LogP contribution is -2.36. The summed E-state index contributed by atoms with van der Waals surface area (Å²) < 4.78 is 0. The Balaban J connectivity index is 1.70. The van der Waals surface area contributed by atoms with Gasteiger partial charge in [-0.1, -0.05) is 6.42 Å². The number of hydrogen-bond donors (Lipinski definition) is 2. The summed E-state index contributed by atoms with van der Waals surface area (Å²) in [5.41, 5.74) is 0. The van der Waals surface area contributed by atoms with Crippen molar-refractivity contribution in [1.82, 2.24) is 10.6 Å². The number of rotatable bonds is 5. The zero-order valence-corrected chi connectivity index (χ0v) is 10.3. The molecule has 0 spiro atoms. The number of nitrogens with one attached hydrogen (secondary N) is 2. The predicted octanol–water partition coefficient (Wildman–Crippen LogP) is 1.30. The maximum atomic E-state index is 11.1. The van der Waals surface area contributed by atoms with Crippen LogP contribution in [0.4, 0.5) is 4.79 Å². The SMILES string of the molecule is CC(=O)CCCC[C@@H]1SC[C@@H]2NC(=O)NC21. The summed E-state index contributed by atoms with van der Waals surface area (Å²) in [6.45, 7) is 1.64. The zero-order valence-electron chi connectivity index (χ0n) is 9.49. The molecule has 2 aliphatic heterocycles. The molecule has 4 nitrogen and oxygen atoms in total. The van der Waals surface area contributed by atoms with Gasteiger partial charge in [0.15, 0.2) is 0 Å². The third kappa shape index (κ3) is 2.70. The first-order chi connectivity index (χ1) is 7.66. The minimum atomic E-state index is -0.0240. The number of ketones is 1. The van der Waals surface area contributed by atoms with Crippen molar-refractivity contribution in [2.24, 2.45) is 0 Å². The van der Waals surface area contributed by atoms with E-state index in [-0.39, 0.29) is 11.8 Å². The van der Waals surface area contributed by atoms with Gasteiger partial charge in [-0.3, -0.25) is 0 Å². The molecule has 2 aliphatic rings. The van der Waals surface area contributed by atoms with E-state index in [0.717, 1.165) is 25.0 Å². The molecule has 0 radical (unpaired) electrons. The fourth-order valence-electron chi connectivity index (χ4n) is 2.36. The first-order valence-electron chi connectivity index (χ1n) is 5.85. The van der Waals surface area contributed by atoms with Crippen LogP contribution in [-0.4, -0.2) is 34.9 Å². The predicted molar refractivity (Wildman–Crippen MR) is 64.6 cm³/mol. The van der Waals surface area contributed by atoms with E-state index in [0.29, 0.717) is 23.8 Å². The summed E-state index contributed by atoms with van der Waals surface area (Å²) in [5.74, 6) is 1.29. The molecule has 0 aromatic heterocycles. The molecule has 2 rings (SSSR count). The van der Waals surface area contributed by atoms with Gasteiger partial charge < -0.3 is 15.4 Å². The average Bonchev–Trinajstić information content (AvgIpc) is 2.72. The number of unbranched alkanes of at least 4 members (excludes halogenated alkanes) is 1. The maximum Gasteiger partial charge on any atom is 0.315 e. The fourth-order valence-corrected chi connectivity index (χ4v) is 3.91.